The molecule has 1 aliphatic rings. The van der Waals surface area contributed by atoms with Crippen molar-refractivity contribution in [2.45, 2.75) is 67.0 Å². The van der Waals surface area contributed by atoms with Crippen molar-refractivity contribution in [1.82, 2.24) is 24.1 Å². The van der Waals surface area contributed by atoms with Crippen LogP contribution >= 0.6 is 23.2 Å². The number of carbonyl (C=O) groups is 2. The van der Waals surface area contributed by atoms with Gasteiger partial charge in [-0.2, -0.15) is 0 Å². The molecule has 0 fully saturated rings. The molecule has 0 unspecified atom stereocenters. The highest BCUT2D eigenvalue weighted by Crippen LogP contribution is 2.45. The summed E-state index contributed by atoms with van der Waals surface area (Å²) in [6.45, 7) is 13.1. The monoisotopic (exact) mass is 814 g/mol. The van der Waals surface area contributed by atoms with Gasteiger partial charge in [-0.15, -0.1) is 0 Å². The van der Waals surface area contributed by atoms with E-state index in [9.17, 15) is 4.79 Å². The van der Waals surface area contributed by atoms with Gasteiger partial charge < -0.3 is 23.5 Å². The Hall–Kier alpha value is -5.71. The Morgan fingerprint density at radius 2 is 1.64 bits per heavy atom. The van der Waals surface area contributed by atoms with Crippen LogP contribution in [-0.4, -0.2) is 56.2 Å². The molecule has 0 saturated carbocycles. The van der Waals surface area contributed by atoms with E-state index in [0.717, 1.165) is 83.0 Å². The molecule has 296 valence electrons. The lowest BCUT2D eigenvalue weighted by atomic mass is 9.97. The van der Waals surface area contributed by atoms with Gasteiger partial charge in [-0.05, 0) is 125 Å². The van der Waals surface area contributed by atoms with Gasteiger partial charge in [0.2, 0.25) is 0 Å². The van der Waals surface area contributed by atoms with Crippen molar-refractivity contribution in [2.75, 3.05) is 25.2 Å². The summed E-state index contributed by atoms with van der Waals surface area (Å²) in [4.78, 5) is 44.3. The molecule has 1 amide bonds. The van der Waals surface area contributed by atoms with Gasteiger partial charge in [-0.25, -0.2) is 14.8 Å². The Labute approximate surface area is 347 Å². The number of aromatic nitrogens is 5. The maximum Gasteiger partial charge on any atom is 0.354 e. The molecule has 5 heterocycles. The van der Waals surface area contributed by atoms with E-state index in [2.05, 4.69) is 26.4 Å². The largest absolute Gasteiger partial charge is 0.494 e. The highest BCUT2D eigenvalue weighted by atomic mass is 35.5. The highest BCUT2D eigenvalue weighted by molar-refractivity contribution is 6.35. The van der Waals surface area contributed by atoms with Crippen molar-refractivity contribution in [3.63, 3.8) is 0 Å². The van der Waals surface area contributed by atoms with Crippen LogP contribution in [0.15, 0.2) is 73.2 Å². The van der Waals surface area contributed by atoms with Gasteiger partial charge in [-0.1, -0.05) is 35.3 Å². The first kappa shape index (κ1) is 39.1. The normalized spacial score (nSPS) is 14.1. The summed E-state index contributed by atoms with van der Waals surface area (Å²) >= 11 is 13.6. The molecule has 8 rings (SSSR count). The second-order valence-corrected chi connectivity index (χ2v) is 16.0. The highest BCUT2D eigenvalue weighted by Gasteiger charge is 2.38. The summed E-state index contributed by atoms with van der Waals surface area (Å²) in [5.41, 5.74) is 11.1. The third-order valence-corrected chi connectivity index (χ3v) is 12.0. The maximum atomic E-state index is 15.5. The second-order valence-electron chi connectivity index (χ2n) is 15.2. The first-order valence-corrected chi connectivity index (χ1v) is 20.1. The van der Waals surface area contributed by atoms with Gasteiger partial charge in [0, 0.05) is 57.1 Å². The van der Waals surface area contributed by atoms with Gasteiger partial charge >= 0.3 is 5.97 Å². The van der Waals surface area contributed by atoms with E-state index in [-0.39, 0.29) is 11.9 Å². The van der Waals surface area contributed by atoms with E-state index in [0.29, 0.717) is 54.6 Å². The number of hydrogen-bond donors (Lipinski definition) is 0. The van der Waals surface area contributed by atoms with Gasteiger partial charge in [0.05, 0.1) is 47.7 Å². The minimum absolute atomic E-state index is 0.147. The van der Waals surface area contributed by atoms with Crippen molar-refractivity contribution in [3.8, 4) is 16.9 Å². The molecular weight excluding hydrogens is 771 g/mol. The Bertz CT molecular complexity index is 2730. The molecule has 0 saturated heterocycles. The molecule has 0 radical (unpaired) electrons. The smallest absolute Gasteiger partial charge is 0.354 e. The number of methoxy groups -OCH3 is 1. The molecule has 0 spiro atoms. The SMILES string of the molecule is COC(=O)c1cc2cc(C)cc(N3C[C@@H](C)n4c(c(CCCOc5cc(C)c(Cl)c(C)c5)c5ccc(Cl)c(-c6c(C)ncnc6C)c54)C3=O)c2n1Cc1ccccn1. The zero-order valence-corrected chi connectivity index (χ0v) is 35.1. The number of aryl methyl sites for hydroxylation is 6. The zero-order chi connectivity index (χ0) is 41.0. The number of anilines is 1. The fraction of sp³-hybridized carbons (Fsp3) is 0.283. The summed E-state index contributed by atoms with van der Waals surface area (Å²) in [7, 11) is 1.38. The van der Waals surface area contributed by atoms with Crippen molar-refractivity contribution < 1.29 is 19.1 Å². The summed E-state index contributed by atoms with van der Waals surface area (Å²) in [5.74, 6) is 0.139. The van der Waals surface area contributed by atoms with Gasteiger partial charge in [-0.3, -0.25) is 9.78 Å². The van der Waals surface area contributed by atoms with Crippen LogP contribution in [0.25, 0.3) is 32.9 Å². The van der Waals surface area contributed by atoms with E-state index in [4.69, 9.17) is 32.7 Å². The number of fused-ring (bicyclic) bond motifs is 4. The summed E-state index contributed by atoms with van der Waals surface area (Å²) in [6.07, 6.45) is 4.50. The van der Waals surface area contributed by atoms with Crippen molar-refractivity contribution in [1.29, 1.82) is 0 Å². The molecule has 7 aromatic rings. The standard InChI is InChI=1S/C46H44Cl2N6O4/c1-25-17-31-21-38(46(56)57-7)52(23-32-11-8-9-15-49-32)42(31)37(18-25)53-22-28(4)54-43-35(13-14-36(47)40(43)39-29(5)50-24-51-30(39)6)34(44(54)45(53)55)12-10-16-58-33-19-26(2)41(48)27(3)20-33/h8-9,11,13-15,17-21,24,28H,10,12,16,22-23H2,1-7H3/t28-/m1/s1. The van der Waals surface area contributed by atoms with Gasteiger partial charge in [0.15, 0.2) is 0 Å². The molecule has 0 N–H and O–H groups in total. The quantitative estimate of drug-likeness (QED) is 0.100. The summed E-state index contributed by atoms with van der Waals surface area (Å²) in [6, 6.07) is 19.2. The van der Waals surface area contributed by atoms with Crippen molar-refractivity contribution in [2.24, 2.45) is 0 Å². The third-order valence-electron chi connectivity index (χ3n) is 11.1. The summed E-state index contributed by atoms with van der Waals surface area (Å²) < 4.78 is 15.6. The maximum absolute atomic E-state index is 15.5. The molecule has 0 aliphatic carbocycles. The number of halogens is 2. The lowest BCUT2D eigenvalue weighted by Gasteiger charge is -2.35. The van der Waals surface area contributed by atoms with Crippen LogP contribution in [-0.2, 0) is 17.7 Å². The van der Waals surface area contributed by atoms with Gasteiger partial charge in [0.25, 0.3) is 5.91 Å². The Balaban J connectivity index is 1.30. The second kappa shape index (κ2) is 15.6. The molecule has 1 atom stereocenters. The first-order valence-electron chi connectivity index (χ1n) is 19.3. The van der Waals surface area contributed by atoms with Crippen LogP contribution in [0.5, 0.6) is 5.75 Å². The molecular formula is C46H44Cl2N6O4. The first-order chi connectivity index (χ1) is 27.9. The fourth-order valence-corrected chi connectivity index (χ4v) is 8.95. The van der Waals surface area contributed by atoms with Crippen LogP contribution < -0.4 is 9.64 Å². The summed E-state index contributed by atoms with van der Waals surface area (Å²) in [5, 5.41) is 3.06. The number of pyridine rings is 1. The zero-order valence-electron chi connectivity index (χ0n) is 33.6. The Morgan fingerprint density at radius 1 is 0.897 bits per heavy atom. The predicted octanol–water partition coefficient (Wildman–Crippen LogP) is 10.4. The van der Waals surface area contributed by atoms with E-state index >= 15 is 4.79 Å². The molecule has 4 aromatic heterocycles. The van der Waals surface area contributed by atoms with Crippen LogP contribution in [0.2, 0.25) is 10.0 Å². The molecule has 0 bridgehead atoms. The number of nitrogens with zero attached hydrogens (tertiary/aromatic N) is 6. The molecule has 1 aliphatic heterocycles. The van der Waals surface area contributed by atoms with E-state index in [1.807, 2.05) is 105 Å². The minimum Gasteiger partial charge on any atom is -0.494 e. The van der Waals surface area contributed by atoms with E-state index in [1.165, 1.54) is 7.11 Å². The van der Waals surface area contributed by atoms with E-state index in [1.54, 1.807) is 12.5 Å². The average molecular weight is 816 g/mol. The Kier molecular flexibility index (Phi) is 10.5. The number of ether oxygens (including phenoxy) is 2. The lowest BCUT2D eigenvalue weighted by molar-refractivity contribution is 0.0589. The van der Waals surface area contributed by atoms with Crippen LogP contribution in [0, 0.1) is 34.6 Å². The fourth-order valence-electron chi connectivity index (χ4n) is 8.59. The van der Waals surface area contributed by atoms with Crippen LogP contribution in [0.3, 0.4) is 0 Å². The molecule has 58 heavy (non-hydrogen) atoms. The number of hydrogen-bond acceptors (Lipinski definition) is 7. The number of rotatable bonds is 10. The van der Waals surface area contributed by atoms with Crippen LogP contribution in [0.1, 0.15) is 79.7 Å². The van der Waals surface area contributed by atoms with Gasteiger partial charge in [0.1, 0.15) is 23.5 Å². The number of carbonyl (C=O) groups excluding carboxylic acids is 2. The number of esters is 1. The predicted molar refractivity (Wildman–Crippen MR) is 230 cm³/mol. The topological polar surface area (TPSA) is 104 Å². The third kappa shape index (κ3) is 6.78. The average Bonchev–Trinajstić information content (AvgIpc) is 3.73. The molecule has 12 heteroatoms. The number of benzene rings is 3. The molecule has 3 aromatic carbocycles. The van der Waals surface area contributed by atoms with Crippen LogP contribution in [0.4, 0.5) is 5.69 Å². The van der Waals surface area contributed by atoms with Crippen molar-refractivity contribution >= 4 is 62.6 Å². The van der Waals surface area contributed by atoms with E-state index < -0.39 is 5.97 Å². The molecule has 10 nitrogen and oxygen atoms in total. The van der Waals surface area contributed by atoms with Crippen molar-refractivity contribution in [3.05, 3.63) is 134 Å². The lowest BCUT2D eigenvalue weighted by Crippen LogP contribution is -2.43. The number of amides is 1. The Morgan fingerprint density at radius 3 is 2.33 bits per heavy atom. The minimum atomic E-state index is -0.470.